The first-order valence-electron chi connectivity index (χ1n) is 3.33. The molecule has 1 aromatic carbocycles. The van der Waals surface area contributed by atoms with E-state index < -0.39 is 0 Å². The Balaban J connectivity index is 0.000000720. The van der Waals surface area contributed by atoms with E-state index in [-0.39, 0.29) is 17.3 Å². The van der Waals surface area contributed by atoms with Crippen molar-refractivity contribution >= 4 is 34.0 Å². The molecular weight excluding hydrogens is 194 g/mol. The van der Waals surface area contributed by atoms with Crippen molar-refractivity contribution in [2.75, 3.05) is 0 Å². The molecule has 0 N–H and O–H groups in total. The van der Waals surface area contributed by atoms with E-state index in [2.05, 4.69) is 0 Å². The molecule has 0 saturated heterocycles. The van der Waals surface area contributed by atoms with Crippen LogP contribution in [0, 0.1) is 0 Å². The zero-order chi connectivity index (χ0) is 7.84. The predicted octanol–water partition coefficient (Wildman–Crippen LogP) is 2.02. The second-order valence-electron chi connectivity index (χ2n) is 2.39. The Labute approximate surface area is 79.9 Å². The maximum atomic E-state index is 11.1. The molecule has 0 atom stereocenters. The van der Waals surface area contributed by atoms with Crippen LogP contribution in [0.4, 0.5) is 0 Å². The number of thiazole rings is 1. The molecule has 1 heterocycles. The van der Waals surface area contributed by atoms with Crippen molar-refractivity contribution in [2.24, 2.45) is 7.05 Å². The third-order valence-electron chi connectivity index (χ3n) is 1.70. The van der Waals surface area contributed by atoms with E-state index in [0.717, 1.165) is 10.2 Å². The van der Waals surface area contributed by atoms with E-state index in [1.165, 1.54) is 11.3 Å². The molecular formula is C8H8ClNOS. The third kappa shape index (κ3) is 1.26. The largest absolute Gasteiger partial charge is 0.307 e. The monoisotopic (exact) mass is 201 g/mol. The van der Waals surface area contributed by atoms with Gasteiger partial charge in [-0.1, -0.05) is 23.5 Å². The van der Waals surface area contributed by atoms with Crippen molar-refractivity contribution in [2.45, 2.75) is 0 Å². The summed E-state index contributed by atoms with van der Waals surface area (Å²) in [6, 6.07) is 7.79. The van der Waals surface area contributed by atoms with E-state index in [1.54, 1.807) is 11.6 Å². The van der Waals surface area contributed by atoms with Crippen molar-refractivity contribution < 1.29 is 0 Å². The number of hydrogen-bond donors (Lipinski definition) is 0. The van der Waals surface area contributed by atoms with Gasteiger partial charge in [0.1, 0.15) is 0 Å². The summed E-state index contributed by atoms with van der Waals surface area (Å²) in [5, 5.41) is 0. The number of fused-ring (bicyclic) bond motifs is 1. The van der Waals surface area contributed by atoms with Gasteiger partial charge in [0.2, 0.25) is 0 Å². The molecule has 0 aliphatic rings. The van der Waals surface area contributed by atoms with Gasteiger partial charge in [-0.05, 0) is 12.1 Å². The number of halogens is 1. The molecule has 0 aliphatic heterocycles. The van der Waals surface area contributed by atoms with Crippen LogP contribution >= 0.6 is 23.7 Å². The summed E-state index contributed by atoms with van der Waals surface area (Å²) in [5.74, 6) is 0. The number of hydrogen-bond acceptors (Lipinski definition) is 2. The lowest BCUT2D eigenvalue weighted by molar-refractivity contribution is 0.939. The fourth-order valence-corrected chi connectivity index (χ4v) is 1.96. The molecule has 0 aliphatic carbocycles. The highest BCUT2D eigenvalue weighted by Gasteiger charge is 2.00. The van der Waals surface area contributed by atoms with Gasteiger partial charge in [-0.2, -0.15) is 0 Å². The minimum atomic E-state index is 0. The third-order valence-corrected chi connectivity index (χ3v) is 2.71. The van der Waals surface area contributed by atoms with Crippen LogP contribution < -0.4 is 4.87 Å². The van der Waals surface area contributed by atoms with Gasteiger partial charge in [0, 0.05) is 7.05 Å². The molecule has 0 fully saturated rings. The zero-order valence-corrected chi connectivity index (χ0v) is 8.11. The minimum absolute atomic E-state index is 0. The first-order valence-corrected chi connectivity index (χ1v) is 4.15. The molecule has 0 amide bonds. The van der Waals surface area contributed by atoms with Crippen molar-refractivity contribution in [3.8, 4) is 0 Å². The molecule has 0 unspecified atom stereocenters. The molecule has 0 bridgehead atoms. The number of nitrogens with zero attached hydrogens (tertiary/aromatic N) is 1. The Kier molecular flexibility index (Phi) is 2.55. The summed E-state index contributed by atoms with van der Waals surface area (Å²) < 4.78 is 2.72. The van der Waals surface area contributed by atoms with Crippen LogP contribution in [0.3, 0.4) is 0 Å². The molecule has 0 saturated carbocycles. The molecule has 0 radical (unpaired) electrons. The lowest BCUT2D eigenvalue weighted by atomic mass is 10.3. The highest BCUT2D eigenvalue weighted by molar-refractivity contribution is 7.16. The molecule has 0 spiro atoms. The SMILES string of the molecule is Cl.Cn1c(=O)sc2ccccc21. The summed E-state index contributed by atoms with van der Waals surface area (Å²) in [4.78, 5) is 11.2. The number of aromatic nitrogens is 1. The average Bonchev–Trinajstić information content (AvgIpc) is 2.30. The molecule has 2 nitrogen and oxygen atoms in total. The van der Waals surface area contributed by atoms with Gasteiger partial charge in [-0.25, -0.2) is 0 Å². The van der Waals surface area contributed by atoms with Crippen LogP contribution in [0.1, 0.15) is 0 Å². The summed E-state index contributed by atoms with van der Waals surface area (Å²) >= 11 is 1.29. The molecule has 12 heavy (non-hydrogen) atoms. The number of benzene rings is 1. The minimum Gasteiger partial charge on any atom is -0.302 e. The van der Waals surface area contributed by atoms with Crippen LogP contribution in [0.2, 0.25) is 0 Å². The molecule has 64 valence electrons. The summed E-state index contributed by atoms with van der Waals surface area (Å²) in [6.45, 7) is 0. The van der Waals surface area contributed by atoms with Crippen LogP contribution in [-0.2, 0) is 7.05 Å². The highest BCUT2D eigenvalue weighted by atomic mass is 35.5. The maximum Gasteiger partial charge on any atom is 0.307 e. The summed E-state index contributed by atoms with van der Waals surface area (Å²) in [7, 11) is 1.79. The van der Waals surface area contributed by atoms with E-state index in [9.17, 15) is 4.79 Å². The molecule has 1 aromatic heterocycles. The van der Waals surface area contributed by atoms with Crippen LogP contribution in [0.5, 0.6) is 0 Å². The Hall–Kier alpha value is -0.800. The number of para-hydroxylation sites is 1. The number of rotatable bonds is 0. The first kappa shape index (κ1) is 9.29. The predicted molar refractivity (Wildman–Crippen MR) is 54.3 cm³/mol. The van der Waals surface area contributed by atoms with E-state index in [0.29, 0.717) is 0 Å². The Morgan fingerprint density at radius 2 is 2.00 bits per heavy atom. The average molecular weight is 202 g/mol. The Morgan fingerprint density at radius 1 is 1.33 bits per heavy atom. The summed E-state index contributed by atoms with van der Waals surface area (Å²) in [5.41, 5.74) is 1.02. The first-order chi connectivity index (χ1) is 5.29. The Bertz CT molecular complexity index is 445. The smallest absolute Gasteiger partial charge is 0.302 e. The van der Waals surface area contributed by atoms with Gasteiger partial charge >= 0.3 is 4.87 Å². The fraction of sp³-hybridized carbons (Fsp3) is 0.125. The van der Waals surface area contributed by atoms with E-state index in [4.69, 9.17) is 0 Å². The zero-order valence-electron chi connectivity index (χ0n) is 6.48. The topological polar surface area (TPSA) is 22.0 Å². The van der Waals surface area contributed by atoms with Gasteiger partial charge in [0.25, 0.3) is 0 Å². The van der Waals surface area contributed by atoms with Gasteiger partial charge < -0.3 is 4.57 Å². The number of aryl methyl sites for hydroxylation is 1. The van der Waals surface area contributed by atoms with Crippen molar-refractivity contribution in [3.05, 3.63) is 33.9 Å². The van der Waals surface area contributed by atoms with E-state index in [1.807, 2.05) is 24.3 Å². The van der Waals surface area contributed by atoms with Gasteiger partial charge in [0.05, 0.1) is 10.2 Å². The Morgan fingerprint density at radius 3 is 2.67 bits per heavy atom. The summed E-state index contributed by atoms with van der Waals surface area (Å²) in [6.07, 6.45) is 0. The van der Waals surface area contributed by atoms with Crippen molar-refractivity contribution in [3.63, 3.8) is 0 Å². The van der Waals surface area contributed by atoms with E-state index >= 15 is 0 Å². The standard InChI is InChI=1S/C8H7NOS.ClH/c1-9-6-4-2-3-5-7(6)11-8(9)10;/h2-5H,1H3;1H. The van der Waals surface area contributed by atoms with Crippen molar-refractivity contribution in [1.82, 2.24) is 4.57 Å². The van der Waals surface area contributed by atoms with Gasteiger partial charge in [-0.3, -0.25) is 4.79 Å². The van der Waals surface area contributed by atoms with Gasteiger partial charge in [-0.15, -0.1) is 12.4 Å². The van der Waals surface area contributed by atoms with Crippen LogP contribution in [0.25, 0.3) is 10.2 Å². The maximum absolute atomic E-state index is 11.1. The lowest BCUT2D eigenvalue weighted by Gasteiger charge is -1.89. The van der Waals surface area contributed by atoms with Gasteiger partial charge in [0.15, 0.2) is 0 Å². The quantitative estimate of drug-likeness (QED) is 0.639. The molecule has 4 heteroatoms. The lowest BCUT2D eigenvalue weighted by Crippen LogP contribution is -2.06. The second kappa shape index (κ2) is 3.29. The molecule has 2 aromatic rings. The van der Waals surface area contributed by atoms with Crippen LogP contribution in [-0.4, -0.2) is 4.57 Å². The fourth-order valence-electron chi connectivity index (χ4n) is 1.08. The van der Waals surface area contributed by atoms with Crippen LogP contribution in [0.15, 0.2) is 29.1 Å². The second-order valence-corrected chi connectivity index (χ2v) is 3.39. The molecule has 2 rings (SSSR count). The highest BCUT2D eigenvalue weighted by Crippen LogP contribution is 2.14. The normalized spacial score (nSPS) is 9.75. The van der Waals surface area contributed by atoms with Crippen molar-refractivity contribution in [1.29, 1.82) is 0 Å².